The minimum atomic E-state index is -0.869. The quantitative estimate of drug-likeness (QED) is 0.591. The molecule has 0 saturated heterocycles. The summed E-state index contributed by atoms with van der Waals surface area (Å²) < 4.78 is 10.00. The van der Waals surface area contributed by atoms with E-state index in [2.05, 4.69) is 5.32 Å². The molecule has 0 unspecified atom stereocenters. The fourth-order valence-corrected chi connectivity index (χ4v) is 2.01. The zero-order valence-electron chi connectivity index (χ0n) is 10.7. The van der Waals surface area contributed by atoms with Gasteiger partial charge in [-0.15, -0.1) is 0 Å². The van der Waals surface area contributed by atoms with Crippen LogP contribution in [0.4, 0.5) is 0 Å². The molecule has 0 aromatic carbocycles. The van der Waals surface area contributed by atoms with Gasteiger partial charge in [0, 0.05) is 13.5 Å². The Morgan fingerprint density at radius 2 is 2.00 bits per heavy atom. The van der Waals surface area contributed by atoms with Gasteiger partial charge in [-0.3, -0.25) is 9.59 Å². The van der Waals surface area contributed by atoms with E-state index in [1.54, 1.807) is 7.11 Å². The number of carboxylic acid groups (broad SMARTS) is 1. The van der Waals surface area contributed by atoms with Crippen LogP contribution < -0.4 is 5.32 Å². The summed E-state index contributed by atoms with van der Waals surface area (Å²) in [5.41, 5.74) is -0.518. The second-order valence-electron chi connectivity index (χ2n) is 4.61. The minimum Gasteiger partial charge on any atom is -0.481 e. The average molecular weight is 259 g/mol. The monoisotopic (exact) mass is 259 g/mol. The molecule has 18 heavy (non-hydrogen) atoms. The molecular weight excluding hydrogens is 238 g/mol. The third kappa shape index (κ3) is 5.01. The van der Waals surface area contributed by atoms with Crippen LogP contribution in [-0.4, -0.2) is 49.5 Å². The van der Waals surface area contributed by atoms with Gasteiger partial charge < -0.3 is 19.9 Å². The van der Waals surface area contributed by atoms with E-state index < -0.39 is 11.5 Å². The average Bonchev–Trinajstić information content (AvgIpc) is 2.25. The summed E-state index contributed by atoms with van der Waals surface area (Å²) in [4.78, 5) is 22.4. The third-order valence-corrected chi connectivity index (χ3v) is 3.11. The summed E-state index contributed by atoms with van der Waals surface area (Å²) in [7, 11) is 1.59. The largest absolute Gasteiger partial charge is 0.481 e. The first-order valence-electron chi connectivity index (χ1n) is 6.17. The predicted octanol–water partition coefficient (Wildman–Crippen LogP) is 0.553. The highest BCUT2D eigenvalue weighted by molar-refractivity contribution is 5.78. The highest BCUT2D eigenvalue weighted by atomic mass is 16.5. The fourth-order valence-electron chi connectivity index (χ4n) is 2.01. The molecule has 1 amide bonds. The van der Waals surface area contributed by atoms with Crippen molar-refractivity contribution in [3.05, 3.63) is 0 Å². The Labute approximate surface area is 107 Å². The van der Waals surface area contributed by atoms with Gasteiger partial charge in [0.05, 0.1) is 31.8 Å². The van der Waals surface area contributed by atoms with Crippen LogP contribution in [0.3, 0.4) is 0 Å². The maximum atomic E-state index is 11.7. The zero-order chi connectivity index (χ0) is 13.4. The van der Waals surface area contributed by atoms with Gasteiger partial charge in [-0.2, -0.15) is 0 Å². The molecule has 0 spiro atoms. The number of carboxylic acids is 1. The molecule has 0 aromatic rings. The van der Waals surface area contributed by atoms with E-state index >= 15 is 0 Å². The topological polar surface area (TPSA) is 84.9 Å². The zero-order valence-corrected chi connectivity index (χ0v) is 10.7. The number of rotatable bonds is 9. The van der Waals surface area contributed by atoms with Gasteiger partial charge in [-0.1, -0.05) is 0 Å². The molecule has 0 aromatic heterocycles. The van der Waals surface area contributed by atoms with E-state index in [1.807, 2.05) is 0 Å². The van der Waals surface area contributed by atoms with Gasteiger partial charge in [0.15, 0.2) is 0 Å². The van der Waals surface area contributed by atoms with E-state index in [9.17, 15) is 9.59 Å². The number of ether oxygens (including phenoxy) is 2. The second-order valence-corrected chi connectivity index (χ2v) is 4.61. The lowest BCUT2D eigenvalue weighted by Crippen LogP contribution is -2.54. The van der Waals surface area contributed by atoms with Crippen LogP contribution in [0.1, 0.15) is 32.1 Å². The molecule has 1 aliphatic rings. The number of hydrogen-bond acceptors (Lipinski definition) is 4. The van der Waals surface area contributed by atoms with Gasteiger partial charge in [0.2, 0.25) is 5.91 Å². The van der Waals surface area contributed by atoms with E-state index in [0.29, 0.717) is 19.8 Å². The molecule has 1 fully saturated rings. The Morgan fingerprint density at radius 1 is 1.28 bits per heavy atom. The van der Waals surface area contributed by atoms with Gasteiger partial charge in [-0.25, -0.2) is 0 Å². The SMILES string of the molecule is COCCOCCC(=O)NC1(CC(=O)O)CCC1. The molecule has 0 radical (unpaired) electrons. The number of amides is 1. The maximum absolute atomic E-state index is 11.7. The van der Waals surface area contributed by atoms with Crippen molar-refractivity contribution in [2.24, 2.45) is 0 Å². The van der Waals surface area contributed by atoms with Crippen molar-refractivity contribution in [3.63, 3.8) is 0 Å². The van der Waals surface area contributed by atoms with E-state index in [1.165, 1.54) is 0 Å². The fraction of sp³-hybridized carbons (Fsp3) is 0.833. The molecule has 0 atom stereocenters. The molecular formula is C12H21NO5. The Bertz CT molecular complexity index is 288. The Kier molecular flexibility index (Phi) is 6.07. The van der Waals surface area contributed by atoms with Crippen LogP contribution in [0, 0.1) is 0 Å². The lowest BCUT2D eigenvalue weighted by molar-refractivity contribution is -0.140. The van der Waals surface area contributed by atoms with Crippen molar-refractivity contribution in [1.82, 2.24) is 5.32 Å². The first-order chi connectivity index (χ1) is 8.58. The molecule has 104 valence electrons. The van der Waals surface area contributed by atoms with E-state index in [4.69, 9.17) is 14.6 Å². The van der Waals surface area contributed by atoms with Gasteiger partial charge in [-0.05, 0) is 19.3 Å². The van der Waals surface area contributed by atoms with Crippen LogP contribution in [0.2, 0.25) is 0 Å². The lowest BCUT2D eigenvalue weighted by atomic mass is 9.74. The van der Waals surface area contributed by atoms with Crippen molar-refractivity contribution in [2.75, 3.05) is 26.9 Å². The Hall–Kier alpha value is -1.14. The number of nitrogens with one attached hydrogen (secondary N) is 1. The smallest absolute Gasteiger partial charge is 0.305 e. The highest BCUT2D eigenvalue weighted by Gasteiger charge is 2.40. The van der Waals surface area contributed by atoms with Crippen molar-refractivity contribution in [2.45, 2.75) is 37.6 Å². The molecule has 1 saturated carbocycles. The minimum absolute atomic E-state index is 0.00325. The Balaban J connectivity index is 2.19. The van der Waals surface area contributed by atoms with Crippen LogP contribution in [0.5, 0.6) is 0 Å². The molecule has 0 heterocycles. The first-order valence-corrected chi connectivity index (χ1v) is 6.17. The summed E-state index contributed by atoms with van der Waals surface area (Å²) in [6.07, 6.45) is 2.72. The standard InChI is InChI=1S/C12H21NO5/c1-17-7-8-18-6-3-10(14)13-12(4-2-5-12)9-11(15)16/h2-9H2,1H3,(H,13,14)(H,15,16). The lowest BCUT2D eigenvalue weighted by Gasteiger charge is -2.41. The van der Waals surface area contributed by atoms with Crippen LogP contribution in [-0.2, 0) is 19.1 Å². The summed E-state index contributed by atoms with van der Waals surface area (Å²) >= 11 is 0. The van der Waals surface area contributed by atoms with E-state index in [0.717, 1.165) is 19.3 Å². The summed E-state index contributed by atoms with van der Waals surface area (Å²) in [6, 6.07) is 0. The third-order valence-electron chi connectivity index (χ3n) is 3.11. The number of methoxy groups -OCH3 is 1. The summed E-state index contributed by atoms with van der Waals surface area (Å²) in [5, 5.41) is 11.6. The molecule has 6 nitrogen and oxygen atoms in total. The van der Waals surface area contributed by atoms with Gasteiger partial charge in [0.1, 0.15) is 0 Å². The van der Waals surface area contributed by atoms with Crippen molar-refractivity contribution in [1.29, 1.82) is 0 Å². The molecule has 0 bridgehead atoms. The number of aliphatic carboxylic acids is 1. The summed E-state index contributed by atoms with van der Waals surface area (Å²) in [5.74, 6) is -1.01. The van der Waals surface area contributed by atoms with Crippen molar-refractivity contribution < 1.29 is 24.2 Å². The second kappa shape index (κ2) is 7.33. The molecule has 2 N–H and O–H groups in total. The highest BCUT2D eigenvalue weighted by Crippen LogP contribution is 2.34. The molecule has 1 rings (SSSR count). The van der Waals surface area contributed by atoms with Crippen LogP contribution >= 0.6 is 0 Å². The Morgan fingerprint density at radius 3 is 2.50 bits per heavy atom. The number of carbonyl (C=O) groups excluding carboxylic acids is 1. The summed E-state index contributed by atoms with van der Waals surface area (Å²) in [6.45, 7) is 1.30. The number of carbonyl (C=O) groups is 2. The predicted molar refractivity (Wildman–Crippen MR) is 64.3 cm³/mol. The molecule has 6 heteroatoms. The molecule has 1 aliphatic carbocycles. The van der Waals surface area contributed by atoms with Gasteiger partial charge in [0.25, 0.3) is 0 Å². The normalized spacial score (nSPS) is 16.9. The van der Waals surface area contributed by atoms with Gasteiger partial charge >= 0.3 is 5.97 Å². The van der Waals surface area contributed by atoms with Crippen molar-refractivity contribution >= 4 is 11.9 Å². The van der Waals surface area contributed by atoms with Crippen LogP contribution in [0.25, 0.3) is 0 Å². The molecule has 0 aliphatic heterocycles. The number of hydrogen-bond donors (Lipinski definition) is 2. The van der Waals surface area contributed by atoms with Crippen LogP contribution in [0.15, 0.2) is 0 Å². The van der Waals surface area contributed by atoms with E-state index in [-0.39, 0.29) is 18.7 Å². The van der Waals surface area contributed by atoms with Crippen molar-refractivity contribution in [3.8, 4) is 0 Å². The first kappa shape index (κ1) is 14.9. The maximum Gasteiger partial charge on any atom is 0.305 e.